The van der Waals surface area contributed by atoms with Gasteiger partial charge in [-0.1, -0.05) is 11.6 Å². The van der Waals surface area contributed by atoms with Crippen LogP contribution in [0.15, 0.2) is 17.1 Å². The number of nitrogen functional groups attached to an aromatic ring is 1. The van der Waals surface area contributed by atoms with Gasteiger partial charge in [-0.2, -0.15) is 13.6 Å². The second kappa shape index (κ2) is 8.81. The Kier molecular flexibility index (Phi) is 7.46. The van der Waals surface area contributed by atoms with Crippen LogP contribution in [0.3, 0.4) is 0 Å². The Morgan fingerprint density at radius 3 is 2.41 bits per heavy atom. The number of alkyl halides is 1. The number of hydrogen-bond donors (Lipinski definition) is 6. The summed E-state index contributed by atoms with van der Waals surface area (Å²) in [5, 5.41) is 10.0. The van der Waals surface area contributed by atoms with Gasteiger partial charge in [-0.25, -0.2) is 18.5 Å². The van der Waals surface area contributed by atoms with Crippen LogP contribution in [0.25, 0.3) is 0 Å². The third kappa shape index (κ3) is 7.19. The second-order valence-electron chi connectivity index (χ2n) is 5.45. The Balaban J connectivity index is 2.07. The van der Waals surface area contributed by atoms with Crippen LogP contribution in [0.5, 0.6) is 0 Å². The Morgan fingerprint density at radius 1 is 1.24 bits per heavy atom. The molecule has 0 aromatic carbocycles. The summed E-state index contributed by atoms with van der Waals surface area (Å²) >= 11 is 5.74. The molecule has 0 saturated carbocycles. The summed E-state index contributed by atoms with van der Waals surface area (Å²) in [6, 6.07) is 1.27. The first-order valence-electron chi connectivity index (χ1n) is 7.23. The largest absolute Gasteiger partial charge is 0.490 e. The van der Waals surface area contributed by atoms with Gasteiger partial charge in [0.15, 0.2) is 5.56 Å². The third-order valence-electron chi connectivity index (χ3n) is 3.21. The normalized spacial score (nSPS) is 27.9. The summed E-state index contributed by atoms with van der Waals surface area (Å²) in [4.78, 5) is 50.8. The van der Waals surface area contributed by atoms with Gasteiger partial charge in [0, 0.05) is 12.6 Å². The maximum absolute atomic E-state index is 11.8. The number of hydrogen-bond acceptors (Lipinski definition) is 11. The van der Waals surface area contributed by atoms with Gasteiger partial charge in [-0.3, -0.25) is 9.09 Å². The number of nitrogens with zero attached hydrogens (tertiary/aromatic N) is 2. The van der Waals surface area contributed by atoms with Crippen molar-refractivity contribution in [1.29, 1.82) is 0 Å². The first-order valence-corrected chi connectivity index (χ1v) is 12.2. The van der Waals surface area contributed by atoms with Crippen molar-refractivity contribution in [2.45, 2.75) is 30.4 Å². The van der Waals surface area contributed by atoms with E-state index in [9.17, 15) is 28.5 Å². The van der Waals surface area contributed by atoms with Crippen LogP contribution in [0.2, 0.25) is 0 Å². The molecule has 166 valence electrons. The summed E-state index contributed by atoms with van der Waals surface area (Å²) in [7, 11) is -16.8. The molecule has 0 amide bonds. The fourth-order valence-corrected chi connectivity index (χ4v) is 5.78. The molecule has 1 fully saturated rings. The Hall–Kier alpha value is -0.700. The lowest BCUT2D eigenvalue weighted by atomic mass is 10.2. The lowest BCUT2D eigenvalue weighted by Crippen LogP contribution is -2.32. The summed E-state index contributed by atoms with van der Waals surface area (Å²) in [5.74, 6) is -0.0655. The average molecular weight is 502 g/mol. The molecule has 20 heteroatoms. The van der Waals surface area contributed by atoms with E-state index in [1.165, 1.54) is 12.3 Å². The lowest BCUT2D eigenvalue weighted by Gasteiger charge is -2.23. The molecule has 3 unspecified atom stereocenters. The lowest BCUT2D eigenvalue weighted by molar-refractivity contribution is -0.0570. The molecule has 29 heavy (non-hydrogen) atoms. The number of aromatic nitrogens is 2. The van der Waals surface area contributed by atoms with Gasteiger partial charge in [0.2, 0.25) is 0 Å². The Bertz CT molecular complexity index is 951. The van der Waals surface area contributed by atoms with Crippen molar-refractivity contribution in [2.24, 2.45) is 0 Å². The van der Waals surface area contributed by atoms with Crippen LogP contribution < -0.4 is 11.4 Å². The number of rotatable bonds is 8. The molecule has 1 aromatic rings. The number of nitrogens with two attached hydrogens (primary N) is 1. The number of anilines is 1. The summed E-state index contributed by atoms with van der Waals surface area (Å²) in [5.41, 5.74) is 2.56. The van der Waals surface area contributed by atoms with Gasteiger partial charge in [0.25, 0.3) is 0 Å². The minimum Gasteiger partial charge on any atom is -0.390 e. The number of phosphoric ester groups is 1. The van der Waals surface area contributed by atoms with Gasteiger partial charge in [-0.15, -0.1) is 0 Å². The van der Waals surface area contributed by atoms with Crippen molar-refractivity contribution in [3.8, 4) is 0 Å². The van der Waals surface area contributed by atoms with E-state index < -0.39 is 53.2 Å². The van der Waals surface area contributed by atoms with Crippen molar-refractivity contribution in [1.82, 2.24) is 9.55 Å². The standard InChI is InChI=1S/C9H15ClN3O13P3/c10-8(24-28(19,20)26-29(21,22)25-27(16,17)18)7-4(14)3-6(23-7)13-2-1-5(11)12-9(13)15/h1-2,4,6-8,14H,3H2,(H,19,20)(H,21,22)(H2,11,12,15)(H2,16,17,18)/t4-,6+,7-,8?/m0/s1. The van der Waals surface area contributed by atoms with Crippen LogP contribution in [-0.4, -0.2) is 52.0 Å². The predicted molar refractivity (Wildman–Crippen MR) is 92.0 cm³/mol. The summed E-state index contributed by atoms with van der Waals surface area (Å²) in [6.07, 6.45) is -3.08. The van der Waals surface area contributed by atoms with E-state index in [4.69, 9.17) is 36.8 Å². The predicted octanol–water partition coefficient (Wildman–Crippen LogP) is -0.618. The van der Waals surface area contributed by atoms with E-state index in [0.29, 0.717) is 0 Å². The van der Waals surface area contributed by atoms with Crippen LogP contribution >= 0.6 is 35.1 Å². The zero-order valence-corrected chi connectivity index (χ0v) is 17.3. The van der Waals surface area contributed by atoms with Gasteiger partial charge in [0.1, 0.15) is 18.1 Å². The van der Waals surface area contributed by atoms with E-state index in [1.54, 1.807) is 0 Å². The van der Waals surface area contributed by atoms with Crippen molar-refractivity contribution in [3.63, 3.8) is 0 Å². The summed E-state index contributed by atoms with van der Waals surface area (Å²) in [6.45, 7) is 0. The monoisotopic (exact) mass is 501 g/mol. The second-order valence-corrected chi connectivity index (χ2v) is 10.3. The van der Waals surface area contributed by atoms with E-state index in [2.05, 4.69) is 18.1 Å². The first-order chi connectivity index (χ1) is 13.1. The zero-order chi connectivity index (χ0) is 22.2. The topological polar surface area (TPSA) is 250 Å². The van der Waals surface area contributed by atoms with E-state index >= 15 is 0 Å². The maximum Gasteiger partial charge on any atom is 0.490 e. The molecule has 1 aromatic heterocycles. The van der Waals surface area contributed by atoms with Crippen LogP contribution in [-0.2, 0) is 31.6 Å². The molecule has 2 heterocycles. The highest BCUT2D eigenvalue weighted by atomic mass is 35.5. The first kappa shape index (κ1) is 24.6. The molecular formula is C9H15ClN3O13P3. The van der Waals surface area contributed by atoms with Gasteiger partial charge in [0.05, 0.1) is 6.10 Å². The zero-order valence-electron chi connectivity index (χ0n) is 13.9. The molecule has 0 bridgehead atoms. The van der Waals surface area contributed by atoms with Gasteiger partial charge >= 0.3 is 29.2 Å². The van der Waals surface area contributed by atoms with E-state index in [-0.39, 0.29) is 12.2 Å². The Morgan fingerprint density at radius 2 is 1.86 bits per heavy atom. The van der Waals surface area contributed by atoms with Crippen LogP contribution in [0, 0.1) is 0 Å². The fourth-order valence-electron chi connectivity index (χ4n) is 2.22. The molecule has 1 aliphatic heterocycles. The molecule has 1 aliphatic rings. The molecule has 6 atom stereocenters. The number of phosphoric acid groups is 3. The molecular weight excluding hydrogens is 486 g/mol. The van der Waals surface area contributed by atoms with Crippen molar-refractivity contribution in [3.05, 3.63) is 22.7 Å². The smallest absolute Gasteiger partial charge is 0.390 e. The third-order valence-corrected chi connectivity index (χ3v) is 7.49. The van der Waals surface area contributed by atoms with Crippen molar-refractivity contribution in [2.75, 3.05) is 5.73 Å². The minimum atomic E-state index is -5.74. The van der Waals surface area contributed by atoms with Crippen molar-refractivity contribution < 1.29 is 56.3 Å². The number of aliphatic hydroxyl groups excluding tert-OH is 1. The maximum atomic E-state index is 11.8. The Labute approximate surface area is 166 Å². The van der Waals surface area contributed by atoms with Gasteiger partial charge < -0.3 is 35.2 Å². The minimum absolute atomic E-state index is 0.0655. The molecule has 0 radical (unpaired) electrons. The van der Waals surface area contributed by atoms with E-state index in [1.807, 2.05) is 0 Å². The highest BCUT2D eigenvalue weighted by Crippen LogP contribution is 2.66. The van der Waals surface area contributed by atoms with E-state index in [0.717, 1.165) is 4.57 Å². The SMILES string of the molecule is Nc1ccn([C@H]2C[C@H](O)[C@@H](C(Cl)OP(=O)(O)OP(=O)(O)OP(=O)(O)O)O2)c(=O)n1. The van der Waals surface area contributed by atoms with Crippen LogP contribution in [0.4, 0.5) is 5.82 Å². The quantitative estimate of drug-likeness (QED) is 0.192. The molecule has 7 N–H and O–H groups in total. The molecule has 0 spiro atoms. The number of aliphatic hydroxyl groups is 1. The number of halogens is 1. The number of ether oxygens (including phenoxy) is 1. The molecule has 16 nitrogen and oxygen atoms in total. The molecule has 2 rings (SSSR count). The van der Waals surface area contributed by atoms with Gasteiger partial charge in [-0.05, 0) is 6.07 Å². The fraction of sp³-hybridized carbons (Fsp3) is 0.556. The highest BCUT2D eigenvalue weighted by molar-refractivity contribution is 7.66. The molecule has 0 aliphatic carbocycles. The average Bonchev–Trinajstić information content (AvgIpc) is 2.84. The highest BCUT2D eigenvalue weighted by Gasteiger charge is 2.46. The van der Waals surface area contributed by atoms with Crippen molar-refractivity contribution >= 4 is 40.9 Å². The van der Waals surface area contributed by atoms with Crippen LogP contribution in [0.1, 0.15) is 12.6 Å². The molecule has 1 saturated heterocycles. The summed E-state index contributed by atoms with van der Waals surface area (Å²) < 4.78 is 51.3.